The molecule has 2 heterocycles. The van der Waals surface area contributed by atoms with Crippen LogP contribution in [0.1, 0.15) is 24.4 Å². The molecule has 1 aromatic carbocycles. The standard InChI is InChI=1S/C20H17F3N4OS/c1-12(2)28-15-6-4-13(5-7-15)19-26-11-16(29-19)10-25-14-8-17(20(21,22)23)27-18(9-14)24-3/h4-9,11-12H,10H2,1-2H3,(H,25,27). The number of benzene rings is 1. The van der Waals surface area contributed by atoms with E-state index in [1.807, 2.05) is 38.1 Å². The Morgan fingerprint density at radius 3 is 2.55 bits per heavy atom. The monoisotopic (exact) mass is 418 g/mol. The van der Waals surface area contributed by atoms with Gasteiger partial charge in [0.1, 0.15) is 10.8 Å². The fraction of sp³-hybridized carbons (Fsp3) is 0.250. The van der Waals surface area contributed by atoms with E-state index in [0.717, 1.165) is 27.3 Å². The van der Waals surface area contributed by atoms with Crippen LogP contribution < -0.4 is 10.1 Å². The lowest BCUT2D eigenvalue weighted by atomic mass is 10.2. The number of thiazole rings is 1. The fourth-order valence-corrected chi connectivity index (χ4v) is 3.34. The molecule has 5 nitrogen and oxygen atoms in total. The second kappa shape index (κ2) is 8.49. The van der Waals surface area contributed by atoms with Crippen molar-refractivity contribution in [3.05, 3.63) is 64.6 Å². The zero-order chi connectivity index (χ0) is 21.0. The molecule has 0 atom stereocenters. The third kappa shape index (κ3) is 5.45. The highest BCUT2D eigenvalue weighted by atomic mass is 32.1. The maximum Gasteiger partial charge on any atom is 0.456 e. The van der Waals surface area contributed by atoms with Gasteiger partial charge in [0, 0.05) is 28.4 Å². The second-order valence-corrected chi connectivity index (χ2v) is 7.50. The summed E-state index contributed by atoms with van der Waals surface area (Å²) in [6, 6.07) is 9.75. The maximum atomic E-state index is 12.9. The van der Waals surface area contributed by atoms with E-state index in [1.165, 1.54) is 17.4 Å². The van der Waals surface area contributed by atoms with E-state index in [2.05, 4.69) is 20.1 Å². The Morgan fingerprint density at radius 1 is 1.21 bits per heavy atom. The van der Waals surface area contributed by atoms with E-state index < -0.39 is 11.9 Å². The summed E-state index contributed by atoms with van der Waals surface area (Å²) < 4.78 is 44.4. The van der Waals surface area contributed by atoms with Gasteiger partial charge in [0.15, 0.2) is 0 Å². The van der Waals surface area contributed by atoms with Crippen LogP contribution in [0.25, 0.3) is 15.4 Å². The molecule has 3 aromatic rings. The molecule has 3 rings (SSSR count). The number of alkyl halides is 3. The average Bonchev–Trinajstić information content (AvgIpc) is 3.14. The Labute approximate surface area is 170 Å². The quantitative estimate of drug-likeness (QED) is 0.486. The maximum absolute atomic E-state index is 12.9. The van der Waals surface area contributed by atoms with Gasteiger partial charge in [-0.25, -0.2) is 4.98 Å². The summed E-state index contributed by atoms with van der Waals surface area (Å²) in [7, 11) is 0. The minimum atomic E-state index is -4.61. The summed E-state index contributed by atoms with van der Waals surface area (Å²) in [5, 5.41) is 3.71. The van der Waals surface area contributed by atoms with Crippen molar-refractivity contribution >= 4 is 22.8 Å². The van der Waals surface area contributed by atoms with Crippen molar-refractivity contribution in [2.45, 2.75) is 32.7 Å². The summed E-state index contributed by atoms with van der Waals surface area (Å²) in [4.78, 5) is 11.5. The molecule has 0 saturated heterocycles. The lowest BCUT2D eigenvalue weighted by Crippen LogP contribution is -2.09. The number of hydrogen-bond donors (Lipinski definition) is 1. The number of ether oxygens (including phenoxy) is 1. The van der Waals surface area contributed by atoms with E-state index >= 15 is 0 Å². The molecular weight excluding hydrogens is 401 g/mol. The van der Waals surface area contributed by atoms with Crippen molar-refractivity contribution in [2.75, 3.05) is 5.32 Å². The molecule has 0 aliphatic heterocycles. The van der Waals surface area contributed by atoms with Crippen LogP contribution in [-0.2, 0) is 12.7 Å². The third-order valence-electron chi connectivity index (χ3n) is 3.71. The molecule has 29 heavy (non-hydrogen) atoms. The zero-order valence-corrected chi connectivity index (χ0v) is 16.4. The number of hydrogen-bond acceptors (Lipinski definition) is 5. The van der Waals surface area contributed by atoms with Crippen LogP contribution in [0.2, 0.25) is 0 Å². The van der Waals surface area contributed by atoms with Crippen molar-refractivity contribution < 1.29 is 17.9 Å². The Morgan fingerprint density at radius 2 is 1.93 bits per heavy atom. The predicted octanol–water partition coefficient (Wildman–Crippen LogP) is 6.17. The summed E-state index contributed by atoms with van der Waals surface area (Å²) in [6.07, 6.45) is -2.85. The summed E-state index contributed by atoms with van der Waals surface area (Å²) in [6.45, 7) is 11.1. The van der Waals surface area contributed by atoms with Gasteiger partial charge in [0.25, 0.3) is 5.82 Å². The lowest BCUT2D eigenvalue weighted by molar-refractivity contribution is -0.141. The van der Waals surface area contributed by atoms with Crippen LogP contribution in [0.15, 0.2) is 42.6 Å². The SMILES string of the molecule is [C-]#[N+]c1cc(NCc2cnc(-c3ccc(OC(C)C)cc3)s2)cc(C(F)(F)F)n1. The van der Waals surface area contributed by atoms with Gasteiger partial charge in [-0.15, -0.1) is 16.3 Å². The molecular formula is C20H17F3N4OS. The minimum absolute atomic E-state index is 0.0906. The predicted molar refractivity (Wildman–Crippen MR) is 106 cm³/mol. The number of nitrogens with one attached hydrogen (secondary N) is 1. The van der Waals surface area contributed by atoms with Gasteiger partial charge in [0.05, 0.1) is 12.6 Å². The molecule has 0 bridgehead atoms. The second-order valence-electron chi connectivity index (χ2n) is 6.39. The molecule has 150 valence electrons. The van der Waals surface area contributed by atoms with E-state index in [9.17, 15) is 13.2 Å². The van der Waals surface area contributed by atoms with E-state index in [0.29, 0.717) is 0 Å². The molecule has 2 aromatic heterocycles. The number of pyridine rings is 1. The summed E-state index contributed by atoms with van der Waals surface area (Å²) in [5.41, 5.74) is 0.0154. The van der Waals surface area contributed by atoms with Crippen molar-refractivity contribution in [1.29, 1.82) is 0 Å². The topological polar surface area (TPSA) is 51.4 Å². The minimum Gasteiger partial charge on any atom is -0.491 e. The molecule has 0 aliphatic rings. The molecule has 0 fully saturated rings. The van der Waals surface area contributed by atoms with Crippen molar-refractivity contribution in [2.24, 2.45) is 0 Å². The Balaban J connectivity index is 1.70. The van der Waals surface area contributed by atoms with Crippen LogP contribution >= 0.6 is 11.3 Å². The highest BCUT2D eigenvalue weighted by Gasteiger charge is 2.36. The summed E-state index contributed by atoms with van der Waals surface area (Å²) >= 11 is 1.43. The van der Waals surface area contributed by atoms with E-state index in [1.54, 1.807) is 6.20 Å². The van der Waals surface area contributed by atoms with E-state index in [-0.39, 0.29) is 24.2 Å². The first-order chi connectivity index (χ1) is 13.7. The van der Waals surface area contributed by atoms with Gasteiger partial charge in [-0.3, -0.25) is 0 Å². The number of rotatable bonds is 6. The molecule has 9 heteroatoms. The third-order valence-corrected chi connectivity index (χ3v) is 4.76. The molecule has 0 aliphatic carbocycles. The number of anilines is 1. The van der Waals surface area contributed by atoms with E-state index in [4.69, 9.17) is 11.3 Å². The lowest BCUT2D eigenvalue weighted by Gasteiger charge is -2.09. The molecule has 0 saturated carbocycles. The van der Waals surface area contributed by atoms with Crippen molar-refractivity contribution in [1.82, 2.24) is 9.97 Å². The number of nitrogens with zero attached hydrogens (tertiary/aromatic N) is 3. The van der Waals surface area contributed by atoms with Gasteiger partial charge in [-0.1, -0.05) is 6.57 Å². The first-order valence-corrected chi connectivity index (χ1v) is 9.48. The first-order valence-electron chi connectivity index (χ1n) is 8.67. The van der Waals surface area contributed by atoms with Crippen LogP contribution in [0, 0.1) is 6.57 Å². The summed E-state index contributed by atoms with van der Waals surface area (Å²) in [5.74, 6) is 0.465. The Bertz CT molecular complexity index is 1020. The van der Waals surface area contributed by atoms with Crippen LogP contribution in [0.5, 0.6) is 5.75 Å². The molecule has 0 amide bonds. The molecule has 0 spiro atoms. The largest absolute Gasteiger partial charge is 0.491 e. The average molecular weight is 418 g/mol. The fourth-order valence-electron chi connectivity index (χ4n) is 2.48. The van der Waals surface area contributed by atoms with Crippen molar-refractivity contribution in [3.63, 3.8) is 0 Å². The molecule has 0 radical (unpaired) electrons. The van der Waals surface area contributed by atoms with Gasteiger partial charge < -0.3 is 14.9 Å². The highest BCUT2D eigenvalue weighted by Crippen LogP contribution is 2.32. The zero-order valence-electron chi connectivity index (χ0n) is 15.6. The number of aromatic nitrogens is 2. The van der Waals surface area contributed by atoms with Crippen LogP contribution in [0.4, 0.5) is 24.7 Å². The Hall–Kier alpha value is -3.12. The van der Waals surface area contributed by atoms with Gasteiger partial charge in [-0.05, 0) is 44.2 Å². The van der Waals surface area contributed by atoms with Gasteiger partial charge in [-0.2, -0.15) is 13.2 Å². The molecule has 1 N–H and O–H groups in total. The molecule has 0 unspecified atom stereocenters. The number of halogens is 3. The van der Waals surface area contributed by atoms with Gasteiger partial charge in [0.2, 0.25) is 5.69 Å². The van der Waals surface area contributed by atoms with Gasteiger partial charge >= 0.3 is 6.18 Å². The van der Waals surface area contributed by atoms with Crippen LogP contribution in [0.3, 0.4) is 0 Å². The first kappa shape index (κ1) is 20.6. The van der Waals surface area contributed by atoms with Crippen LogP contribution in [-0.4, -0.2) is 16.1 Å². The smallest absolute Gasteiger partial charge is 0.456 e. The Kier molecular flexibility index (Phi) is 6.03. The highest BCUT2D eigenvalue weighted by molar-refractivity contribution is 7.15. The van der Waals surface area contributed by atoms with Crippen molar-refractivity contribution in [3.8, 4) is 16.3 Å². The normalized spacial score (nSPS) is 11.3.